The summed E-state index contributed by atoms with van der Waals surface area (Å²) in [5.41, 5.74) is 2.49. The third-order valence-corrected chi connectivity index (χ3v) is 3.02. The maximum absolute atomic E-state index is 11.7. The second-order valence-corrected chi connectivity index (χ2v) is 4.58. The quantitative estimate of drug-likeness (QED) is 0.821. The molecule has 0 radical (unpaired) electrons. The van der Waals surface area contributed by atoms with Crippen LogP contribution in [0.2, 0.25) is 0 Å². The zero-order chi connectivity index (χ0) is 16.7. The van der Waals surface area contributed by atoms with Crippen molar-refractivity contribution < 1.29 is 19.1 Å². The summed E-state index contributed by atoms with van der Waals surface area (Å²) < 4.78 is 9.57. The summed E-state index contributed by atoms with van der Waals surface area (Å²) in [6.07, 6.45) is -0.496. The zero-order valence-corrected chi connectivity index (χ0v) is 13.0. The molecule has 0 atom stereocenters. The maximum atomic E-state index is 11.7. The molecule has 0 fully saturated rings. The molecule has 1 amide bonds. The van der Waals surface area contributed by atoms with E-state index in [-0.39, 0.29) is 0 Å². The molecule has 0 aliphatic rings. The highest BCUT2D eigenvalue weighted by Crippen LogP contribution is 2.22. The highest BCUT2D eigenvalue weighted by atomic mass is 16.5. The predicted molar refractivity (Wildman–Crippen MR) is 88.2 cm³/mol. The number of esters is 1. The van der Waals surface area contributed by atoms with E-state index >= 15 is 0 Å². The molecule has 2 rings (SSSR count). The highest BCUT2D eigenvalue weighted by molar-refractivity contribution is 5.96. The van der Waals surface area contributed by atoms with Crippen LogP contribution in [0.1, 0.15) is 17.3 Å². The van der Waals surface area contributed by atoms with Gasteiger partial charge in [-0.25, -0.2) is 9.59 Å². The number of hydrogen-bond donors (Lipinski definition) is 2. The second-order valence-electron chi connectivity index (χ2n) is 4.58. The number of amides is 1. The fourth-order valence-electron chi connectivity index (χ4n) is 1.96. The molecular formula is C17H18N2O4. The first-order valence-corrected chi connectivity index (χ1v) is 7.12. The Morgan fingerprint density at radius 3 is 2.30 bits per heavy atom. The number of carbonyl (C=O) groups excluding carboxylic acids is 2. The van der Waals surface area contributed by atoms with Crippen LogP contribution < -0.4 is 10.6 Å². The van der Waals surface area contributed by atoms with Gasteiger partial charge in [-0.05, 0) is 43.3 Å². The Labute approximate surface area is 134 Å². The van der Waals surface area contributed by atoms with Crippen LogP contribution in [-0.4, -0.2) is 25.8 Å². The minimum Gasteiger partial charge on any atom is -0.465 e. The molecule has 0 bridgehead atoms. The first-order valence-electron chi connectivity index (χ1n) is 7.12. The smallest absolute Gasteiger partial charge is 0.411 e. The van der Waals surface area contributed by atoms with Gasteiger partial charge in [0.2, 0.25) is 0 Å². The Balaban J connectivity index is 2.10. The van der Waals surface area contributed by atoms with Crippen molar-refractivity contribution in [3.8, 4) is 0 Å². The molecule has 120 valence electrons. The standard InChI is InChI=1S/C17H18N2O4/c1-3-23-17(21)19-13-10-8-12(9-11-13)18-15-7-5-4-6-14(15)16(20)22-2/h4-11,18H,3H2,1-2H3,(H,19,21). The van der Waals surface area contributed by atoms with Crippen LogP contribution in [0.15, 0.2) is 48.5 Å². The number of ether oxygens (including phenoxy) is 2. The summed E-state index contributed by atoms with van der Waals surface area (Å²) in [5.74, 6) is -0.409. The molecule has 0 heterocycles. The van der Waals surface area contributed by atoms with Crippen molar-refractivity contribution in [2.45, 2.75) is 6.92 Å². The number of benzene rings is 2. The van der Waals surface area contributed by atoms with Gasteiger partial charge in [-0.15, -0.1) is 0 Å². The number of rotatable bonds is 5. The monoisotopic (exact) mass is 314 g/mol. The summed E-state index contributed by atoms with van der Waals surface area (Å²) in [7, 11) is 1.34. The summed E-state index contributed by atoms with van der Waals surface area (Å²) in [4.78, 5) is 23.1. The van der Waals surface area contributed by atoms with E-state index in [4.69, 9.17) is 9.47 Å². The third-order valence-electron chi connectivity index (χ3n) is 3.02. The van der Waals surface area contributed by atoms with Gasteiger partial charge < -0.3 is 14.8 Å². The van der Waals surface area contributed by atoms with Gasteiger partial charge in [0.25, 0.3) is 0 Å². The molecule has 0 saturated carbocycles. The van der Waals surface area contributed by atoms with Crippen molar-refractivity contribution in [1.29, 1.82) is 0 Å². The van der Waals surface area contributed by atoms with Crippen molar-refractivity contribution in [3.63, 3.8) is 0 Å². The van der Waals surface area contributed by atoms with Crippen LogP contribution >= 0.6 is 0 Å². The fraction of sp³-hybridized carbons (Fsp3) is 0.176. The van der Waals surface area contributed by atoms with Gasteiger partial charge in [-0.2, -0.15) is 0 Å². The Morgan fingerprint density at radius 1 is 1.00 bits per heavy atom. The molecule has 0 spiro atoms. The summed E-state index contributed by atoms with van der Waals surface area (Å²) in [6, 6.07) is 14.1. The van der Waals surface area contributed by atoms with E-state index in [0.717, 1.165) is 5.69 Å². The lowest BCUT2D eigenvalue weighted by atomic mass is 10.1. The molecule has 0 aliphatic heterocycles. The van der Waals surface area contributed by atoms with Crippen molar-refractivity contribution in [2.75, 3.05) is 24.4 Å². The Morgan fingerprint density at radius 2 is 1.65 bits per heavy atom. The van der Waals surface area contributed by atoms with Crippen molar-refractivity contribution >= 4 is 29.1 Å². The van der Waals surface area contributed by atoms with Crippen LogP contribution in [0.4, 0.5) is 21.9 Å². The summed E-state index contributed by atoms with van der Waals surface area (Å²) in [5, 5.41) is 5.76. The Bertz CT molecular complexity index is 683. The van der Waals surface area contributed by atoms with Crippen LogP contribution in [0.5, 0.6) is 0 Å². The number of para-hydroxylation sites is 1. The number of hydrogen-bond acceptors (Lipinski definition) is 5. The largest absolute Gasteiger partial charge is 0.465 e. The normalized spacial score (nSPS) is 9.83. The molecular weight excluding hydrogens is 296 g/mol. The second kappa shape index (κ2) is 7.84. The average molecular weight is 314 g/mol. The van der Waals surface area contributed by atoms with E-state index in [1.807, 2.05) is 6.07 Å². The number of anilines is 3. The minimum absolute atomic E-state index is 0.315. The topological polar surface area (TPSA) is 76.7 Å². The molecule has 23 heavy (non-hydrogen) atoms. The highest BCUT2D eigenvalue weighted by Gasteiger charge is 2.11. The summed E-state index contributed by atoms with van der Waals surface area (Å²) in [6.45, 7) is 2.06. The van der Waals surface area contributed by atoms with Crippen molar-refractivity contribution in [3.05, 3.63) is 54.1 Å². The number of nitrogens with one attached hydrogen (secondary N) is 2. The van der Waals surface area contributed by atoms with Crippen LogP contribution in [0.3, 0.4) is 0 Å². The lowest BCUT2D eigenvalue weighted by molar-refractivity contribution is 0.0602. The number of methoxy groups -OCH3 is 1. The molecule has 6 heteroatoms. The van der Waals surface area contributed by atoms with E-state index in [1.54, 1.807) is 49.4 Å². The first kappa shape index (κ1) is 16.4. The molecule has 0 unspecified atom stereocenters. The molecule has 0 aliphatic carbocycles. The van der Waals surface area contributed by atoms with Crippen molar-refractivity contribution in [2.24, 2.45) is 0 Å². The van der Waals surface area contributed by atoms with Crippen LogP contribution in [-0.2, 0) is 9.47 Å². The van der Waals surface area contributed by atoms with E-state index in [1.165, 1.54) is 7.11 Å². The molecule has 0 saturated heterocycles. The minimum atomic E-state index is -0.496. The molecule has 2 aromatic carbocycles. The molecule has 0 aromatic heterocycles. The van der Waals surface area contributed by atoms with E-state index in [0.29, 0.717) is 23.5 Å². The average Bonchev–Trinajstić information content (AvgIpc) is 2.56. The van der Waals surface area contributed by atoms with Crippen molar-refractivity contribution in [1.82, 2.24) is 0 Å². The van der Waals surface area contributed by atoms with Gasteiger partial charge in [0, 0.05) is 11.4 Å². The summed E-state index contributed by atoms with van der Waals surface area (Å²) >= 11 is 0. The lowest BCUT2D eigenvalue weighted by Crippen LogP contribution is -2.13. The molecule has 2 N–H and O–H groups in total. The Hall–Kier alpha value is -3.02. The van der Waals surface area contributed by atoms with Gasteiger partial charge in [0.05, 0.1) is 25.0 Å². The number of carbonyl (C=O) groups is 2. The fourth-order valence-corrected chi connectivity index (χ4v) is 1.96. The Kier molecular flexibility index (Phi) is 5.57. The van der Waals surface area contributed by atoms with E-state index in [2.05, 4.69) is 10.6 Å². The van der Waals surface area contributed by atoms with E-state index in [9.17, 15) is 9.59 Å². The SMILES string of the molecule is CCOC(=O)Nc1ccc(Nc2ccccc2C(=O)OC)cc1. The maximum Gasteiger partial charge on any atom is 0.411 e. The van der Waals surface area contributed by atoms with Gasteiger partial charge in [-0.3, -0.25) is 5.32 Å². The zero-order valence-electron chi connectivity index (χ0n) is 13.0. The lowest BCUT2D eigenvalue weighted by Gasteiger charge is -2.11. The van der Waals surface area contributed by atoms with Gasteiger partial charge in [0.15, 0.2) is 0 Å². The molecule has 6 nitrogen and oxygen atoms in total. The van der Waals surface area contributed by atoms with Crippen LogP contribution in [0.25, 0.3) is 0 Å². The van der Waals surface area contributed by atoms with Crippen LogP contribution in [0, 0.1) is 0 Å². The van der Waals surface area contributed by atoms with Gasteiger partial charge >= 0.3 is 12.1 Å². The predicted octanol–water partition coefficient (Wildman–Crippen LogP) is 3.79. The molecule has 2 aromatic rings. The van der Waals surface area contributed by atoms with Gasteiger partial charge in [0.1, 0.15) is 0 Å². The third kappa shape index (κ3) is 4.47. The van der Waals surface area contributed by atoms with E-state index < -0.39 is 12.1 Å². The van der Waals surface area contributed by atoms with Gasteiger partial charge in [-0.1, -0.05) is 12.1 Å². The first-order chi connectivity index (χ1) is 11.1.